The summed E-state index contributed by atoms with van der Waals surface area (Å²) in [7, 11) is -3.81. The number of benzene rings is 1. The van der Waals surface area contributed by atoms with Crippen LogP contribution in [-0.4, -0.2) is 24.5 Å². The fourth-order valence-corrected chi connectivity index (χ4v) is 4.24. The van der Waals surface area contributed by atoms with E-state index in [1.165, 1.54) is 0 Å². The molecule has 1 heterocycles. The molecule has 0 unspecified atom stereocenters. The van der Waals surface area contributed by atoms with Gasteiger partial charge in [-0.1, -0.05) is 55.0 Å². The van der Waals surface area contributed by atoms with Crippen LogP contribution in [0.25, 0.3) is 0 Å². The Hall–Kier alpha value is -1.84. The van der Waals surface area contributed by atoms with Gasteiger partial charge in [0.25, 0.3) is 10.0 Å². The van der Waals surface area contributed by atoms with Crippen molar-refractivity contribution in [1.82, 2.24) is 14.9 Å². The van der Waals surface area contributed by atoms with Crippen molar-refractivity contribution in [3.63, 3.8) is 0 Å². The number of carbonyl (C=O) groups is 1. The minimum Gasteiger partial charge on any atom is -0.301 e. The second-order valence-electron chi connectivity index (χ2n) is 5.27. The van der Waals surface area contributed by atoms with E-state index >= 15 is 0 Å². The summed E-state index contributed by atoms with van der Waals surface area (Å²) in [6.45, 7) is 5.57. The van der Waals surface area contributed by atoms with Gasteiger partial charge in [0, 0.05) is 12.5 Å². The lowest BCUT2D eigenvalue weighted by Crippen LogP contribution is -2.28. The van der Waals surface area contributed by atoms with Crippen molar-refractivity contribution in [2.75, 3.05) is 5.32 Å². The summed E-state index contributed by atoms with van der Waals surface area (Å²) in [5.74, 6) is -0.242. The topological polar surface area (TPSA) is 101 Å². The summed E-state index contributed by atoms with van der Waals surface area (Å²) in [4.78, 5) is 11.3. The molecule has 130 valence electrons. The number of hydrogen-bond donors (Lipinski definition) is 2. The molecule has 1 atom stereocenters. The highest BCUT2D eigenvalue weighted by atomic mass is 32.2. The minimum absolute atomic E-state index is 0.167. The van der Waals surface area contributed by atoms with Gasteiger partial charge in [-0.2, -0.15) is 0 Å². The average Bonchev–Trinajstić information content (AvgIpc) is 3.03. The highest BCUT2D eigenvalue weighted by molar-refractivity contribution is 7.91. The van der Waals surface area contributed by atoms with E-state index in [1.807, 2.05) is 38.1 Å². The Balaban J connectivity index is 2.17. The number of aromatic nitrogens is 2. The molecule has 0 aliphatic carbocycles. The number of nitrogens with one attached hydrogen (secondary N) is 2. The predicted molar refractivity (Wildman–Crippen MR) is 93.4 cm³/mol. The standard InChI is InChI=1S/C15H20N4O3S2/c1-4-12(11-8-6-10(3)7-9-11)19-24(21,22)15-18-17-14(23-15)16-13(20)5-2/h6-9,12,19H,4-5H2,1-3H3,(H,16,17,20)/t12-/m0/s1. The van der Waals surface area contributed by atoms with Crippen molar-refractivity contribution in [2.24, 2.45) is 0 Å². The Morgan fingerprint density at radius 2 is 1.88 bits per heavy atom. The lowest BCUT2D eigenvalue weighted by atomic mass is 10.0. The van der Waals surface area contributed by atoms with Crippen LogP contribution in [0.3, 0.4) is 0 Å². The predicted octanol–water partition coefficient (Wildman–Crippen LogP) is 2.62. The number of carbonyl (C=O) groups excluding carboxylic acids is 1. The smallest absolute Gasteiger partial charge is 0.270 e. The van der Waals surface area contributed by atoms with Crippen molar-refractivity contribution in [3.05, 3.63) is 35.4 Å². The van der Waals surface area contributed by atoms with Gasteiger partial charge in [0.2, 0.25) is 15.4 Å². The van der Waals surface area contributed by atoms with E-state index in [0.717, 1.165) is 22.5 Å². The van der Waals surface area contributed by atoms with E-state index in [9.17, 15) is 13.2 Å². The molecule has 0 aliphatic rings. The summed E-state index contributed by atoms with van der Waals surface area (Å²) >= 11 is 0.829. The Kier molecular flexibility index (Phi) is 6.03. The van der Waals surface area contributed by atoms with Gasteiger partial charge in [0.05, 0.1) is 0 Å². The molecule has 0 saturated carbocycles. The Morgan fingerprint density at radius 1 is 1.21 bits per heavy atom. The summed E-state index contributed by atoms with van der Waals surface area (Å²) < 4.78 is 27.5. The third-order valence-electron chi connectivity index (χ3n) is 3.39. The summed E-state index contributed by atoms with van der Waals surface area (Å²) in [5, 5.41) is 10.1. The second kappa shape index (κ2) is 7.82. The summed E-state index contributed by atoms with van der Waals surface area (Å²) in [6.07, 6.45) is 0.881. The number of nitrogens with zero attached hydrogens (tertiary/aromatic N) is 2. The highest BCUT2D eigenvalue weighted by Crippen LogP contribution is 2.24. The van der Waals surface area contributed by atoms with E-state index < -0.39 is 10.0 Å². The van der Waals surface area contributed by atoms with Crippen molar-refractivity contribution in [1.29, 1.82) is 0 Å². The number of rotatable bonds is 7. The van der Waals surface area contributed by atoms with Crippen LogP contribution < -0.4 is 10.0 Å². The molecule has 0 bridgehead atoms. The second-order valence-corrected chi connectivity index (χ2v) is 8.13. The van der Waals surface area contributed by atoms with Crippen molar-refractivity contribution in [3.8, 4) is 0 Å². The molecule has 24 heavy (non-hydrogen) atoms. The van der Waals surface area contributed by atoms with E-state index in [0.29, 0.717) is 6.42 Å². The normalized spacial score (nSPS) is 12.8. The zero-order valence-electron chi connectivity index (χ0n) is 13.7. The largest absolute Gasteiger partial charge is 0.301 e. The number of anilines is 1. The van der Waals surface area contributed by atoms with Gasteiger partial charge < -0.3 is 5.32 Å². The molecule has 1 aromatic carbocycles. The Bertz CT molecular complexity index is 800. The van der Waals surface area contributed by atoms with Crippen LogP contribution in [0.1, 0.15) is 43.9 Å². The first-order valence-corrected chi connectivity index (χ1v) is 9.88. The van der Waals surface area contributed by atoms with Gasteiger partial charge in [-0.15, -0.1) is 10.2 Å². The van der Waals surface area contributed by atoms with Gasteiger partial charge in [-0.25, -0.2) is 13.1 Å². The van der Waals surface area contributed by atoms with Gasteiger partial charge in [0.15, 0.2) is 0 Å². The van der Waals surface area contributed by atoms with Gasteiger partial charge in [-0.3, -0.25) is 4.79 Å². The lowest BCUT2D eigenvalue weighted by molar-refractivity contribution is -0.115. The fraction of sp³-hybridized carbons (Fsp3) is 0.400. The quantitative estimate of drug-likeness (QED) is 0.732. The molecule has 2 rings (SSSR count). The molecule has 2 N–H and O–H groups in total. The molecule has 0 saturated heterocycles. The van der Waals surface area contributed by atoms with Crippen LogP contribution in [0, 0.1) is 6.92 Å². The Morgan fingerprint density at radius 3 is 2.46 bits per heavy atom. The highest BCUT2D eigenvalue weighted by Gasteiger charge is 2.24. The first-order chi connectivity index (χ1) is 11.4. The van der Waals surface area contributed by atoms with Gasteiger partial charge in [-0.05, 0) is 18.9 Å². The molecule has 0 radical (unpaired) electrons. The molecule has 0 fully saturated rings. The van der Waals surface area contributed by atoms with Crippen LogP contribution in [0.5, 0.6) is 0 Å². The van der Waals surface area contributed by atoms with Crippen LogP contribution in [0.2, 0.25) is 0 Å². The number of hydrogen-bond acceptors (Lipinski definition) is 6. The molecule has 1 aromatic heterocycles. The lowest BCUT2D eigenvalue weighted by Gasteiger charge is -2.16. The van der Waals surface area contributed by atoms with Crippen LogP contribution in [-0.2, 0) is 14.8 Å². The zero-order valence-corrected chi connectivity index (χ0v) is 15.4. The monoisotopic (exact) mass is 368 g/mol. The molecular formula is C15H20N4O3S2. The van der Waals surface area contributed by atoms with Crippen molar-refractivity contribution >= 4 is 32.4 Å². The van der Waals surface area contributed by atoms with Crippen molar-refractivity contribution in [2.45, 2.75) is 44.0 Å². The van der Waals surface area contributed by atoms with Crippen molar-refractivity contribution < 1.29 is 13.2 Å². The molecule has 9 heteroatoms. The Labute approximate surface area is 145 Å². The maximum absolute atomic E-state index is 12.5. The first-order valence-electron chi connectivity index (χ1n) is 7.58. The van der Waals surface area contributed by atoms with Crippen LogP contribution in [0.4, 0.5) is 5.13 Å². The van der Waals surface area contributed by atoms with Gasteiger partial charge in [0.1, 0.15) is 0 Å². The first kappa shape index (κ1) is 18.5. The van der Waals surface area contributed by atoms with Crippen LogP contribution in [0.15, 0.2) is 28.6 Å². The molecule has 0 aliphatic heterocycles. The molecule has 1 amide bonds. The van der Waals surface area contributed by atoms with E-state index in [1.54, 1.807) is 6.92 Å². The average molecular weight is 368 g/mol. The summed E-state index contributed by atoms with van der Waals surface area (Å²) in [5.41, 5.74) is 1.99. The molecule has 7 nitrogen and oxygen atoms in total. The molecule has 0 spiro atoms. The summed E-state index contributed by atoms with van der Waals surface area (Å²) in [6, 6.07) is 7.33. The van der Waals surface area contributed by atoms with Gasteiger partial charge >= 0.3 is 0 Å². The number of aryl methyl sites for hydroxylation is 1. The fourth-order valence-electron chi connectivity index (χ4n) is 2.00. The number of amides is 1. The third kappa shape index (κ3) is 4.59. The zero-order chi connectivity index (χ0) is 17.7. The van der Waals surface area contributed by atoms with Crippen LogP contribution >= 0.6 is 11.3 Å². The molecule has 2 aromatic rings. The van der Waals surface area contributed by atoms with E-state index in [2.05, 4.69) is 20.2 Å². The maximum atomic E-state index is 12.5. The third-order valence-corrected chi connectivity index (χ3v) is 6.07. The maximum Gasteiger partial charge on any atom is 0.270 e. The SMILES string of the molecule is CCC(=O)Nc1nnc(S(=O)(=O)N[C@@H](CC)c2ccc(C)cc2)s1. The number of sulfonamides is 1. The van der Waals surface area contributed by atoms with E-state index in [4.69, 9.17) is 0 Å². The molecular weight excluding hydrogens is 348 g/mol. The minimum atomic E-state index is -3.81. The van der Waals surface area contributed by atoms with E-state index in [-0.39, 0.29) is 27.8 Å².